The van der Waals surface area contributed by atoms with Crippen molar-refractivity contribution in [1.82, 2.24) is 4.90 Å². The molecule has 1 aromatic rings. The summed E-state index contributed by atoms with van der Waals surface area (Å²) in [4.78, 5) is 2.43. The van der Waals surface area contributed by atoms with Crippen LogP contribution in [0.5, 0.6) is 11.5 Å². The Morgan fingerprint density at radius 3 is 2.67 bits per heavy atom. The SMILES string of the molecule is CCOc1ccccc1OCCN1CCCC1CC(C)O. The van der Waals surface area contributed by atoms with E-state index in [1.807, 2.05) is 38.1 Å². The minimum atomic E-state index is -0.227. The molecule has 0 bridgehead atoms. The summed E-state index contributed by atoms with van der Waals surface area (Å²) >= 11 is 0. The average Bonchev–Trinajstić information content (AvgIpc) is 2.88. The largest absolute Gasteiger partial charge is 0.490 e. The lowest BCUT2D eigenvalue weighted by Gasteiger charge is -2.25. The van der Waals surface area contributed by atoms with Crippen molar-refractivity contribution in [3.63, 3.8) is 0 Å². The molecule has 1 N–H and O–H groups in total. The molecule has 1 aliphatic heterocycles. The van der Waals surface area contributed by atoms with Gasteiger partial charge in [-0.15, -0.1) is 0 Å². The van der Waals surface area contributed by atoms with E-state index in [4.69, 9.17) is 9.47 Å². The van der Waals surface area contributed by atoms with Crippen molar-refractivity contribution >= 4 is 0 Å². The molecule has 2 atom stereocenters. The molecule has 0 aromatic heterocycles. The first-order chi connectivity index (χ1) is 10.2. The van der Waals surface area contributed by atoms with Crippen LogP contribution >= 0.6 is 0 Å². The summed E-state index contributed by atoms with van der Waals surface area (Å²) in [6, 6.07) is 8.30. The third-order valence-corrected chi connectivity index (χ3v) is 3.90. The number of aliphatic hydroxyl groups is 1. The van der Waals surface area contributed by atoms with Crippen molar-refractivity contribution in [2.75, 3.05) is 26.3 Å². The van der Waals surface area contributed by atoms with E-state index < -0.39 is 0 Å². The lowest BCUT2D eigenvalue weighted by molar-refractivity contribution is 0.123. The van der Waals surface area contributed by atoms with Crippen LogP contribution in [0.2, 0.25) is 0 Å². The molecule has 0 amide bonds. The third kappa shape index (κ3) is 4.90. The molecule has 0 aliphatic carbocycles. The molecule has 4 nitrogen and oxygen atoms in total. The van der Waals surface area contributed by atoms with Crippen molar-refractivity contribution in [3.8, 4) is 11.5 Å². The van der Waals surface area contributed by atoms with Crippen LogP contribution in [0.3, 0.4) is 0 Å². The fraction of sp³-hybridized carbons (Fsp3) is 0.647. The zero-order chi connectivity index (χ0) is 15.1. The number of ether oxygens (including phenoxy) is 2. The monoisotopic (exact) mass is 293 g/mol. The molecule has 1 fully saturated rings. The van der Waals surface area contributed by atoms with Gasteiger partial charge in [-0.05, 0) is 51.8 Å². The molecular formula is C17H27NO3. The van der Waals surface area contributed by atoms with E-state index in [2.05, 4.69) is 4.90 Å². The van der Waals surface area contributed by atoms with E-state index in [9.17, 15) is 5.11 Å². The van der Waals surface area contributed by atoms with Crippen LogP contribution in [0.25, 0.3) is 0 Å². The maximum absolute atomic E-state index is 9.55. The van der Waals surface area contributed by atoms with Gasteiger partial charge in [0.15, 0.2) is 11.5 Å². The normalized spacial score (nSPS) is 20.4. The number of nitrogens with zero attached hydrogens (tertiary/aromatic N) is 1. The van der Waals surface area contributed by atoms with Gasteiger partial charge < -0.3 is 14.6 Å². The van der Waals surface area contributed by atoms with Gasteiger partial charge in [0.2, 0.25) is 0 Å². The van der Waals surface area contributed by atoms with Gasteiger partial charge in [0, 0.05) is 12.6 Å². The maximum Gasteiger partial charge on any atom is 0.161 e. The van der Waals surface area contributed by atoms with Crippen LogP contribution in [0, 0.1) is 0 Å². The highest BCUT2D eigenvalue weighted by molar-refractivity contribution is 5.39. The molecule has 21 heavy (non-hydrogen) atoms. The molecule has 4 heteroatoms. The first-order valence-corrected chi connectivity index (χ1v) is 7.97. The standard InChI is InChI=1S/C17H27NO3/c1-3-20-16-8-4-5-9-17(16)21-12-11-18-10-6-7-15(18)13-14(2)19/h4-5,8-9,14-15,19H,3,6-7,10-13H2,1-2H3. The third-order valence-electron chi connectivity index (χ3n) is 3.90. The Balaban J connectivity index is 1.81. The second kappa shape index (κ2) is 8.25. The Labute approximate surface area is 127 Å². The van der Waals surface area contributed by atoms with Crippen molar-refractivity contribution < 1.29 is 14.6 Å². The van der Waals surface area contributed by atoms with Crippen LogP contribution in [-0.2, 0) is 0 Å². The molecule has 0 spiro atoms. The quantitative estimate of drug-likeness (QED) is 0.800. The maximum atomic E-state index is 9.55. The highest BCUT2D eigenvalue weighted by Gasteiger charge is 2.25. The molecule has 0 saturated carbocycles. The molecule has 2 rings (SSSR count). The summed E-state index contributed by atoms with van der Waals surface area (Å²) in [6.45, 7) is 7.14. The summed E-state index contributed by atoms with van der Waals surface area (Å²) in [5.74, 6) is 1.62. The number of hydrogen-bond donors (Lipinski definition) is 1. The van der Waals surface area contributed by atoms with Crippen molar-refractivity contribution in [2.24, 2.45) is 0 Å². The summed E-state index contributed by atoms with van der Waals surface area (Å²) in [6.07, 6.45) is 3.03. The van der Waals surface area contributed by atoms with E-state index in [-0.39, 0.29) is 6.10 Å². The molecule has 2 unspecified atom stereocenters. The Morgan fingerprint density at radius 2 is 2.00 bits per heavy atom. The molecule has 1 aliphatic rings. The minimum Gasteiger partial charge on any atom is -0.490 e. The number of aliphatic hydroxyl groups excluding tert-OH is 1. The molecule has 1 aromatic carbocycles. The van der Waals surface area contributed by atoms with E-state index in [0.29, 0.717) is 19.3 Å². The number of para-hydroxylation sites is 2. The zero-order valence-corrected chi connectivity index (χ0v) is 13.1. The Bertz CT molecular complexity index is 422. The summed E-state index contributed by atoms with van der Waals surface area (Å²) in [5, 5.41) is 9.55. The zero-order valence-electron chi connectivity index (χ0n) is 13.1. The topological polar surface area (TPSA) is 41.9 Å². The number of likely N-dealkylation sites (tertiary alicyclic amines) is 1. The fourth-order valence-corrected chi connectivity index (χ4v) is 2.97. The van der Waals surface area contributed by atoms with Crippen molar-refractivity contribution in [3.05, 3.63) is 24.3 Å². The van der Waals surface area contributed by atoms with Crippen molar-refractivity contribution in [2.45, 2.75) is 45.3 Å². The van der Waals surface area contributed by atoms with Crippen molar-refractivity contribution in [1.29, 1.82) is 0 Å². The first-order valence-electron chi connectivity index (χ1n) is 7.97. The van der Waals surface area contributed by atoms with Crippen LogP contribution in [0.15, 0.2) is 24.3 Å². The van der Waals surface area contributed by atoms with Gasteiger partial charge >= 0.3 is 0 Å². The Kier molecular flexibility index (Phi) is 6.33. The summed E-state index contributed by atoms with van der Waals surface area (Å²) in [7, 11) is 0. The Hall–Kier alpha value is -1.26. The Morgan fingerprint density at radius 1 is 1.29 bits per heavy atom. The highest BCUT2D eigenvalue weighted by atomic mass is 16.5. The molecule has 0 radical (unpaired) electrons. The molecule has 1 heterocycles. The van der Waals surface area contributed by atoms with Crippen LogP contribution in [0.4, 0.5) is 0 Å². The summed E-state index contributed by atoms with van der Waals surface area (Å²) < 4.78 is 11.4. The fourth-order valence-electron chi connectivity index (χ4n) is 2.97. The first kappa shape index (κ1) is 16.1. The van der Waals surface area contributed by atoms with E-state index in [0.717, 1.165) is 31.0 Å². The lowest BCUT2D eigenvalue weighted by Crippen LogP contribution is -2.35. The number of hydrogen-bond acceptors (Lipinski definition) is 4. The number of benzene rings is 1. The second-order valence-corrected chi connectivity index (χ2v) is 5.64. The van der Waals surface area contributed by atoms with Gasteiger partial charge in [0.25, 0.3) is 0 Å². The van der Waals surface area contributed by atoms with Gasteiger partial charge in [0.1, 0.15) is 6.61 Å². The smallest absolute Gasteiger partial charge is 0.161 e. The van der Waals surface area contributed by atoms with Gasteiger partial charge in [-0.2, -0.15) is 0 Å². The highest BCUT2D eigenvalue weighted by Crippen LogP contribution is 2.27. The van der Waals surface area contributed by atoms with Crippen LogP contribution in [0.1, 0.15) is 33.1 Å². The molecular weight excluding hydrogens is 266 g/mol. The van der Waals surface area contributed by atoms with Gasteiger partial charge in [-0.3, -0.25) is 4.90 Å². The van der Waals surface area contributed by atoms with E-state index >= 15 is 0 Å². The van der Waals surface area contributed by atoms with Crippen LogP contribution < -0.4 is 9.47 Å². The predicted molar refractivity (Wildman–Crippen MR) is 84.0 cm³/mol. The van der Waals surface area contributed by atoms with Gasteiger partial charge in [0.05, 0.1) is 12.7 Å². The lowest BCUT2D eigenvalue weighted by atomic mass is 10.1. The molecule has 1 saturated heterocycles. The van der Waals surface area contributed by atoms with Gasteiger partial charge in [-0.25, -0.2) is 0 Å². The van der Waals surface area contributed by atoms with Gasteiger partial charge in [-0.1, -0.05) is 12.1 Å². The van der Waals surface area contributed by atoms with E-state index in [1.54, 1.807) is 0 Å². The average molecular weight is 293 g/mol. The minimum absolute atomic E-state index is 0.227. The molecule has 118 valence electrons. The summed E-state index contributed by atoms with van der Waals surface area (Å²) in [5.41, 5.74) is 0. The van der Waals surface area contributed by atoms with E-state index in [1.165, 1.54) is 12.8 Å². The van der Waals surface area contributed by atoms with Crippen LogP contribution in [-0.4, -0.2) is 48.5 Å². The number of rotatable bonds is 8. The second-order valence-electron chi connectivity index (χ2n) is 5.64. The predicted octanol–water partition coefficient (Wildman–Crippen LogP) is 2.70.